The molecular formula is C14H16BrN3O3. The molecule has 0 bridgehead atoms. The van der Waals surface area contributed by atoms with E-state index in [9.17, 15) is 9.59 Å². The number of urea groups is 1. The van der Waals surface area contributed by atoms with Gasteiger partial charge in [0.15, 0.2) is 0 Å². The maximum atomic E-state index is 11.9. The number of unbranched alkanes of at least 4 members (excludes halogenated alkanes) is 1. The Morgan fingerprint density at radius 3 is 2.76 bits per heavy atom. The second-order valence-corrected chi connectivity index (χ2v) is 5.35. The Labute approximate surface area is 131 Å². The van der Waals surface area contributed by atoms with Gasteiger partial charge < -0.3 is 15.7 Å². The zero-order valence-electron chi connectivity index (χ0n) is 11.5. The van der Waals surface area contributed by atoms with Gasteiger partial charge in [0.1, 0.15) is 12.1 Å². The Morgan fingerprint density at radius 2 is 2.19 bits per heavy atom. The molecule has 0 radical (unpaired) electrons. The van der Waals surface area contributed by atoms with Gasteiger partial charge in [-0.3, -0.25) is 0 Å². The van der Waals surface area contributed by atoms with E-state index in [1.165, 1.54) is 0 Å². The summed E-state index contributed by atoms with van der Waals surface area (Å²) in [5, 5.41) is 22.9. The lowest BCUT2D eigenvalue weighted by atomic mass is 10.1. The number of carboxylic acids is 1. The number of benzene rings is 1. The molecule has 3 N–H and O–H groups in total. The van der Waals surface area contributed by atoms with Crippen molar-refractivity contribution in [2.24, 2.45) is 0 Å². The van der Waals surface area contributed by atoms with Crippen LogP contribution in [-0.4, -0.2) is 23.1 Å². The van der Waals surface area contributed by atoms with Gasteiger partial charge in [-0.25, -0.2) is 9.59 Å². The molecule has 2 amide bonds. The molecule has 0 aliphatic heterocycles. The first kappa shape index (κ1) is 17.0. The number of halogens is 1. The third kappa shape index (κ3) is 5.44. The van der Waals surface area contributed by atoms with E-state index in [4.69, 9.17) is 10.4 Å². The molecule has 112 valence electrons. The molecule has 0 saturated carbocycles. The van der Waals surface area contributed by atoms with E-state index in [1.54, 1.807) is 18.2 Å². The Morgan fingerprint density at radius 1 is 1.48 bits per heavy atom. The first-order valence-corrected chi connectivity index (χ1v) is 7.27. The number of nitrogens with zero attached hydrogens (tertiary/aromatic N) is 1. The summed E-state index contributed by atoms with van der Waals surface area (Å²) in [5.74, 6) is -1.08. The molecule has 0 heterocycles. The lowest BCUT2D eigenvalue weighted by Gasteiger charge is -2.15. The molecule has 6 nitrogen and oxygen atoms in total. The molecule has 0 saturated heterocycles. The number of anilines is 1. The van der Waals surface area contributed by atoms with E-state index < -0.39 is 18.0 Å². The van der Waals surface area contributed by atoms with Crippen LogP contribution in [0.2, 0.25) is 0 Å². The predicted molar refractivity (Wildman–Crippen MR) is 82.0 cm³/mol. The van der Waals surface area contributed by atoms with Crippen LogP contribution >= 0.6 is 15.9 Å². The van der Waals surface area contributed by atoms with Crippen molar-refractivity contribution >= 4 is 33.6 Å². The van der Waals surface area contributed by atoms with Crippen LogP contribution in [0.5, 0.6) is 0 Å². The summed E-state index contributed by atoms with van der Waals surface area (Å²) in [6.07, 6.45) is 1.91. The minimum absolute atomic E-state index is 0.300. The minimum Gasteiger partial charge on any atom is -0.480 e. The van der Waals surface area contributed by atoms with Gasteiger partial charge in [-0.05, 0) is 24.6 Å². The quantitative estimate of drug-likeness (QED) is 0.730. The van der Waals surface area contributed by atoms with Gasteiger partial charge in [0, 0.05) is 4.47 Å². The number of nitrogens with one attached hydrogen (secondary N) is 2. The molecule has 21 heavy (non-hydrogen) atoms. The summed E-state index contributed by atoms with van der Waals surface area (Å²) in [6.45, 7) is 1.94. The smallest absolute Gasteiger partial charge is 0.326 e. The molecule has 0 aliphatic rings. The fraction of sp³-hybridized carbons (Fsp3) is 0.357. The summed E-state index contributed by atoms with van der Waals surface area (Å²) in [5.41, 5.74) is 0.623. The number of amides is 2. The maximum Gasteiger partial charge on any atom is 0.326 e. The molecule has 1 aromatic rings. The maximum absolute atomic E-state index is 11.9. The van der Waals surface area contributed by atoms with Crippen molar-refractivity contribution in [3.05, 3.63) is 28.2 Å². The van der Waals surface area contributed by atoms with E-state index >= 15 is 0 Å². The van der Waals surface area contributed by atoms with E-state index in [-0.39, 0.29) is 0 Å². The third-order valence-electron chi connectivity index (χ3n) is 2.80. The van der Waals surface area contributed by atoms with Crippen molar-refractivity contribution in [2.75, 3.05) is 5.32 Å². The Kier molecular flexibility index (Phi) is 6.69. The van der Waals surface area contributed by atoms with Crippen LogP contribution in [0.3, 0.4) is 0 Å². The van der Waals surface area contributed by atoms with Crippen LogP contribution in [0, 0.1) is 11.3 Å². The largest absolute Gasteiger partial charge is 0.480 e. The number of hydrogen-bond donors (Lipinski definition) is 3. The molecule has 1 unspecified atom stereocenters. The summed E-state index contributed by atoms with van der Waals surface area (Å²) >= 11 is 3.25. The van der Waals surface area contributed by atoms with Gasteiger partial charge in [0.2, 0.25) is 0 Å². The van der Waals surface area contributed by atoms with Crippen LogP contribution in [-0.2, 0) is 4.79 Å². The Balaban J connectivity index is 2.74. The van der Waals surface area contributed by atoms with E-state index in [0.29, 0.717) is 28.6 Å². The van der Waals surface area contributed by atoms with Crippen LogP contribution in [0.15, 0.2) is 22.7 Å². The molecular weight excluding hydrogens is 338 g/mol. The zero-order valence-corrected chi connectivity index (χ0v) is 13.1. The molecule has 7 heteroatoms. The molecule has 0 fully saturated rings. The highest BCUT2D eigenvalue weighted by atomic mass is 79.9. The van der Waals surface area contributed by atoms with Crippen molar-refractivity contribution in [1.82, 2.24) is 5.32 Å². The van der Waals surface area contributed by atoms with E-state index in [0.717, 1.165) is 6.42 Å². The number of carbonyl (C=O) groups excluding carboxylic acids is 1. The van der Waals surface area contributed by atoms with Crippen molar-refractivity contribution in [3.8, 4) is 6.07 Å². The predicted octanol–water partition coefficient (Wildman–Crippen LogP) is 3.09. The SMILES string of the molecule is CCCCC(NC(=O)Nc1cc(Br)ccc1C#N)C(=O)O. The average molecular weight is 354 g/mol. The van der Waals surface area contributed by atoms with Crippen molar-refractivity contribution in [1.29, 1.82) is 5.26 Å². The average Bonchev–Trinajstić information content (AvgIpc) is 2.43. The van der Waals surface area contributed by atoms with Gasteiger partial charge in [-0.1, -0.05) is 35.7 Å². The number of rotatable bonds is 6. The fourth-order valence-corrected chi connectivity index (χ4v) is 2.06. The molecule has 1 aromatic carbocycles. The summed E-state index contributed by atoms with van der Waals surface area (Å²) in [4.78, 5) is 22.9. The normalized spacial score (nSPS) is 11.3. The zero-order chi connectivity index (χ0) is 15.8. The molecule has 0 aliphatic carbocycles. The number of hydrogen-bond acceptors (Lipinski definition) is 3. The highest BCUT2D eigenvalue weighted by Crippen LogP contribution is 2.20. The van der Waals surface area contributed by atoms with E-state index in [1.807, 2.05) is 13.0 Å². The number of aliphatic carboxylic acids is 1. The van der Waals surface area contributed by atoms with Crippen molar-refractivity contribution < 1.29 is 14.7 Å². The summed E-state index contributed by atoms with van der Waals surface area (Å²) in [6, 6.07) is 5.20. The van der Waals surface area contributed by atoms with Crippen LogP contribution in [0.25, 0.3) is 0 Å². The second kappa shape index (κ2) is 8.27. The van der Waals surface area contributed by atoms with Crippen molar-refractivity contribution in [2.45, 2.75) is 32.2 Å². The monoisotopic (exact) mass is 353 g/mol. The number of carbonyl (C=O) groups is 2. The van der Waals surface area contributed by atoms with Crippen molar-refractivity contribution in [3.63, 3.8) is 0 Å². The van der Waals surface area contributed by atoms with Gasteiger partial charge in [0.05, 0.1) is 11.3 Å². The van der Waals surface area contributed by atoms with Gasteiger partial charge in [0.25, 0.3) is 0 Å². The first-order chi connectivity index (χ1) is 9.97. The fourth-order valence-electron chi connectivity index (χ4n) is 1.70. The third-order valence-corrected chi connectivity index (χ3v) is 3.29. The Bertz CT molecular complexity index is 569. The van der Waals surface area contributed by atoms with Gasteiger partial charge >= 0.3 is 12.0 Å². The molecule has 1 rings (SSSR count). The topological polar surface area (TPSA) is 102 Å². The van der Waals surface area contributed by atoms with Crippen LogP contribution in [0.1, 0.15) is 31.7 Å². The highest BCUT2D eigenvalue weighted by molar-refractivity contribution is 9.10. The first-order valence-electron chi connectivity index (χ1n) is 6.48. The summed E-state index contributed by atoms with van der Waals surface area (Å²) < 4.78 is 0.706. The van der Waals surface area contributed by atoms with Gasteiger partial charge in [-0.2, -0.15) is 5.26 Å². The van der Waals surface area contributed by atoms with Crippen LogP contribution in [0.4, 0.5) is 10.5 Å². The summed E-state index contributed by atoms with van der Waals surface area (Å²) in [7, 11) is 0. The van der Waals surface area contributed by atoms with Crippen LogP contribution < -0.4 is 10.6 Å². The number of nitriles is 1. The lowest BCUT2D eigenvalue weighted by molar-refractivity contribution is -0.139. The minimum atomic E-state index is -1.08. The number of carboxylic acid groups (broad SMARTS) is 1. The Hall–Kier alpha value is -2.07. The standard InChI is InChI=1S/C14H16BrN3O3/c1-2-3-4-11(13(19)20)17-14(21)18-12-7-10(15)6-5-9(12)8-16/h5-7,11H,2-4H2,1H3,(H,19,20)(H2,17,18,21). The molecule has 0 aromatic heterocycles. The second-order valence-electron chi connectivity index (χ2n) is 4.43. The molecule has 1 atom stereocenters. The van der Waals surface area contributed by atoms with E-state index in [2.05, 4.69) is 26.6 Å². The lowest BCUT2D eigenvalue weighted by Crippen LogP contribution is -2.43. The highest BCUT2D eigenvalue weighted by Gasteiger charge is 2.19. The molecule has 0 spiro atoms. The van der Waals surface area contributed by atoms with Gasteiger partial charge in [-0.15, -0.1) is 0 Å².